The van der Waals surface area contributed by atoms with E-state index in [-0.39, 0.29) is 29.9 Å². The third kappa shape index (κ3) is 5.27. The molecule has 0 aromatic heterocycles. The van der Waals surface area contributed by atoms with Gasteiger partial charge >= 0.3 is 0 Å². The van der Waals surface area contributed by atoms with Gasteiger partial charge in [0.2, 0.25) is 0 Å². The number of piperidine rings is 1. The fourth-order valence-corrected chi connectivity index (χ4v) is 4.73. The Balaban J connectivity index is 0.00000256. The lowest BCUT2D eigenvalue weighted by molar-refractivity contribution is -0.131. The molecule has 0 amide bonds. The van der Waals surface area contributed by atoms with E-state index >= 15 is 0 Å². The van der Waals surface area contributed by atoms with Gasteiger partial charge in [-0.05, 0) is 55.1 Å². The Labute approximate surface area is 185 Å². The number of hydrogen-bond acceptors (Lipinski definition) is 3. The van der Waals surface area contributed by atoms with Crippen molar-refractivity contribution in [2.75, 3.05) is 19.6 Å². The van der Waals surface area contributed by atoms with Crippen LogP contribution < -0.4 is 12.4 Å². The average Bonchev–Trinajstić information content (AvgIpc) is 2.79. The summed E-state index contributed by atoms with van der Waals surface area (Å²) in [5.74, 6) is -0.585. The van der Waals surface area contributed by atoms with Gasteiger partial charge < -0.3 is 17.3 Å². The number of hydrogen-bond donors (Lipinski definition) is 0. The van der Waals surface area contributed by atoms with Gasteiger partial charge in [0.15, 0.2) is 5.78 Å². The minimum Gasteiger partial charge on any atom is -1.00 e. The van der Waals surface area contributed by atoms with Gasteiger partial charge in [-0.15, -0.1) is 0 Å². The third-order valence-corrected chi connectivity index (χ3v) is 6.31. The van der Waals surface area contributed by atoms with Crippen LogP contribution in [-0.2, 0) is 9.59 Å². The second-order valence-electron chi connectivity index (χ2n) is 8.26. The molecule has 1 heterocycles. The summed E-state index contributed by atoms with van der Waals surface area (Å²) < 4.78 is 0. The summed E-state index contributed by atoms with van der Waals surface area (Å²) in [6, 6.07) is 20.1. The number of carbonyl (C=O) groups is 2. The predicted molar refractivity (Wildman–Crippen MR) is 117 cm³/mol. The van der Waals surface area contributed by atoms with Crippen molar-refractivity contribution in [2.45, 2.75) is 38.0 Å². The van der Waals surface area contributed by atoms with Gasteiger partial charge in [-0.1, -0.05) is 67.1 Å². The van der Waals surface area contributed by atoms with Crippen molar-refractivity contribution < 1.29 is 22.0 Å². The monoisotopic (exact) mass is 422 g/mol. The zero-order valence-corrected chi connectivity index (χ0v) is 18.1. The van der Waals surface area contributed by atoms with Crippen molar-refractivity contribution in [2.24, 2.45) is 5.92 Å². The smallest absolute Gasteiger partial charge is 0.167 e. The summed E-state index contributed by atoms with van der Waals surface area (Å²) in [7, 11) is 0. The van der Waals surface area contributed by atoms with Gasteiger partial charge in [-0.2, -0.15) is 0 Å². The zero-order valence-electron chi connectivity index (χ0n) is 17.3. The van der Waals surface area contributed by atoms with Crippen LogP contribution >= 0.6 is 0 Å². The second kappa shape index (κ2) is 10.7. The van der Waals surface area contributed by atoms with Gasteiger partial charge in [-0.25, -0.2) is 0 Å². The van der Waals surface area contributed by atoms with Crippen molar-refractivity contribution in [1.29, 1.82) is 0 Å². The van der Waals surface area contributed by atoms with E-state index < -0.39 is 5.92 Å². The summed E-state index contributed by atoms with van der Waals surface area (Å²) >= 11 is 0. The number of halogens is 1. The van der Waals surface area contributed by atoms with Crippen LogP contribution in [-0.4, -0.2) is 36.1 Å². The first kappa shape index (κ1) is 22.5. The lowest BCUT2D eigenvalue weighted by atomic mass is 9.71. The van der Waals surface area contributed by atoms with Crippen LogP contribution in [0.25, 0.3) is 5.57 Å². The van der Waals surface area contributed by atoms with Crippen molar-refractivity contribution in [3.8, 4) is 0 Å². The molecule has 30 heavy (non-hydrogen) atoms. The van der Waals surface area contributed by atoms with E-state index in [4.69, 9.17) is 0 Å². The van der Waals surface area contributed by atoms with Gasteiger partial charge in [0, 0.05) is 18.9 Å². The van der Waals surface area contributed by atoms with Crippen molar-refractivity contribution in [3.05, 3.63) is 77.9 Å². The molecular weight excluding hydrogens is 394 g/mol. The Morgan fingerprint density at radius 2 is 1.53 bits per heavy atom. The van der Waals surface area contributed by atoms with E-state index in [9.17, 15) is 9.59 Å². The molecule has 2 aromatic carbocycles. The van der Waals surface area contributed by atoms with Crippen LogP contribution in [0, 0.1) is 5.92 Å². The molecule has 1 fully saturated rings. The second-order valence-corrected chi connectivity index (χ2v) is 8.26. The Morgan fingerprint density at radius 1 is 0.900 bits per heavy atom. The minimum absolute atomic E-state index is 0. The highest BCUT2D eigenvalue weighted by molar-refractivity contribution is 6.12. The van der Waals surface area contributed by atoms with Crippen LogP contribution in [0.3, 0.4) is 0 Å². The maximum atomic E-state index is 13.2. The quantitative estimate of drug-likeness (QED) is 0.667. The number of benzene rings is 2. The van der Waals surface area contributed by atoms with Gasteiger partial charge in [-0.3, -0.25) is 9.59 Å². The average molecular weight is 423 g/mol. The molecule has 158 valence electrons. The maximum absolute atomic E-state index is 13.2. The van der Waals surface area contributed by atoms with Crippen LogP contribution in [0.2, 0.25) is 0 Å². The molecule has 0 N–H and O–H groups in total. The summed E-state index contributed by atoms with van der Waals surface area (Å²) in [5, 5.41) is 0. The fourth-order valence-electron chi connectivity index (χ4n) is 4.73. The Bertz CT molecular complexity index is 872. The number of carbonyl (C=O) groups excluding carboxylic acids is 2. The van der Waals surface area contributed by atoms with Crippen molar-refractivity contribution in [3.63, 3.8) is 0 Å². The van der Waals surface area contributed by atoms with Crippen molar-refractivity contribution >= 4 is 17.1 Å². The number of rotatable bonds is 6. The summed E-state index contributed by atoms with van der Waals surface area (Å²) in [6.07, 6.45) is 6.62. The highest BCUT2D eigenvalue weighted by Crippen LogP contribution is 2.40. The van der Waals surface area contributed by atoms with Gasteiger partial charge in [0.1, 0.15) is 5.78 Å². The molecule has 3 nitrogen and oxygen atoms in total. The molecule has 2 unspecified atom stereocenters. The topological polar surface area (TPSA) is 37.4 Å². The number of ketones is 2. The van der Waals surface area contributed by atoms with Gasteiger partial charge in [0.05, 0.1) is 5.92 Å². The lowest BCUT2D eigenvalue weighted by Gasteiger charge is -2.31. The Kier molecular flexibility index (Phi) is 8.01. The maximum Gasteiger partial charge on any atom is 0.167 e. The van der Waals surface area contributed by atoms with Crippen LogP contribution in [0.1, 0.15) is 49.1 Å². The number of Topliss-reactive ketones (excluding diaryl/α,β-unsaturated/α-hetero) is 1. The SMILES string of the molecule is O=C1C=C(c2ccccc2)CC(c2ccccc2)C1C(=O)CCN1CCCCC1.[Cl-]. The van der Waals surface area contributed by atoms with Crippen LogP contribution in [0.5, 0.6) is 0 Å². The van der Waals surface area contributed by atoms with E-state index in [2.05, 4.69) is 17.0 Å². The van der Waals surface area contributed by atoms with Crippen molar-refractivity contribution in [1.82, 2.24) is 4.90 Å². The fraction of sp³-hybridized carbons (Fsp3) is 0.385. The van der Waals surface area contributed by atoms with E-state index in [0.29, 0.717) is 6.42 Å². The number of allylic oxidation sites excluding steroid dienone is 2. The summed E-state index contributed by atoms with van der Waals surface area (Å²) in [5.41, 5.74) is 3.18. The standard InChI is InChI=1S/C26H29NO2.ClH/c28-24(14-17-27-15-8-3-9-16-27)26-23(21-12-6-2-7-13-21)18-22(19-25(26)29)20-10-4-1-5-11-20;/h1-2,4-7,10-13,19,23,26H,3,8-9,14-18H2;1H/p-1. The molecule has 0 radical (unpaired) electrons. The number of likely N-dealkylation sites (tertiary alicyclic amines) is 1. The normalized spacial score (nSPS) is 22.1. The molecule has 0 spiro atoms. The Morgan fingerprint density at radius 3 is 2.20 bits per heavy atom. The Hall–Kier alpha value is -2.23. The van der Waals surface area contributed by atoms with Crippen LogP contribution in [0.4, 0.5) is 0 Å². The highest BCUT2D eigenvalue weighted by atomic mass is 35.5. The molecule has 1 aliphatic heterocycles. The first-order valence-corrected chi connectivity index (χ1v) is 10.8. The summed E-state index contributed by atoms with van der Waals surface area (Å²) in [4.78, 5) is 28.7. The molecule has 2 atom stereocenters. The lowest BCUT2D eigenvalue weighted by Crippen LogP contribution is -3.00. The third-order valence-electron chi connectivity index (χ3n) is 6.31. The van der Waals surface area contributed by atoms with E-state index in [1.165, 1.54) is 19.3 Å². The molecule has 1 aliphatic carbocycles. The van der Waals surface area contributed by atoms with Gasteiger partial charge in [0.25, 0.3) is 0 Å². The summed E-state index contributed by atoms with van der Waals surface area (Å²) in [6.45, 7) is 2.93. The van der Waals surface area contributed by atoms with Crippen LogP contribution in [0.15, 0.2) is 66.7 Å². The number of nitrogens with zero attached hydrogens (tertiary/aromatic N) is 1. The van der Waals surface area contributed by atoms with E-state index in [1.54, 1.807) is 6.08 Å². The first-order chi connectivity index (χ1) is 14.2. The molecule has 2 aliphatic rings. The molecular formula is C26H29ClNO2-. The minimum atomic E-state index is -0.561. The first-order valence-electron chi connectivity index (χ1n) is 10.8. The molecule has 4 rings (SSSR count). The highest BCUT2D eigenvalue weighted by Gasteiger charge is 2.38. The largest absolute Gasteiger partial charge is 1.00 e. The molecule has 2 aromatic rings. The zero-order chi connectivity index (χ0) is 20.1. The predicted octanol–water partition coefficient (Wildman–Crippen LogP) is 1.89. The molecule has 0 saturated carbocycles. The molecule has 0 bridgehead atoms. The van der Waals surface area contributed by atoms with E-state index in [1.807, 2.05) is 48.5 Å². The molecule has 1 saturated heterocycles. The van der Waals surface area contributed by atoms with E-state index in [0.717, 1.165) is 42.8 Å². The molecule has 4 heteroatoms.